The van der Waals surface area contributed by atoms with Gasteiger partial charge in [0.2, 0.25) is 5.91 Å². The summed E-state index contributed by atoms with van der Waals surface area (Å²) in [4.78, 5) is 37.5. The first-order chi connectivity index (χ1) is 12.8. The summed E-state index contributed by atoms with van der Waals surface area (Å²) >= 11 is 6.93. The Kier molecular flexibility index (Phi) is 8.44. The van der Waals surface area contributed by atoms with E-state index >= 15 is 0 Å². The first-order valence-corrected chi connectivity index (χ1v) is 10.4. The normalized spacial score (nSPS) is 19.4. The van der Waals surface area contributed by atoms with E-state index in [0.717, 1.165) is 18.2 Å². The third-order valence-electron chi connectivity index (χ3n) is 4.16. The van der Waals surface area contributed by atoms with Crippen molar-refractivity contribution in [1.29, 1.82) is 0 Å². The predicted molar refractivity (Wildman–Crippen MR) is 108 cm³/mol. The van der Waals surface area contributed by atoms with Crippen molar-refractivity contribution in [3.8, 4) is 0 Å². The molecule has 27 heavy (non-hydrogen) atoms. The van der Waals surface area contributed by atoms with Crippen molar-refractivity contribution in [2.45, 2.75) is 20.3 Å². The minimum Gasteiger partial charge on any atom is -0.455 e. The molecule has 1 aliphatic rings. The van der Waals surface area contributed by atoms with E-state index in [0.29, 0.717) is 35.6 Å². The maximum atomic E-state index is 12.2. The van der Waals surface area contributed by atoms with Crippen LogP contribution < -0.4 is 5.32 Å². The number of nitrogens with one attached hydrogen (secondary N) is 1. The Morgan fingerprint density at radius 1 is 1.15 bits per heavy atom. The zero-order chi connectivity index (χ0) is 19.8. The molecule has 1 saturated heterocycles. The molecule has 0 spiro atoms. The molecule has 0 aliphatic carbocycles. The number of carbonyl (C=O) groups excluding carboxylic acids is 3. The number of hydrogen-bond acceptors (Lipinski definition) is 5. The summed E-state index contributed by atoms with van der Waals surface area (Å²) in [7, 11) is 0. The Hall–Kier alpha value is -1.73. The first-order valence-electron chi connectivity index (χ1n) is 8.90. The van der Waals surface area contributed by atoms with Gasteiger partial charge in [-0.1, -0.05) is 25.4 Å². The van der Waals surface area contributed by atoms with Gasteiger partial charge in [0.1, 0.15) is 0 Å². The van der Waals surface area contributed by atoms with Gasteiger partial charge in [0.05, 0.1) is 11.5 Å². The number of piperidine rings is 1. The van der Waals surface area contributed by atoms with Crippen molar-refractivity contribution >= 4 is 46.8 Å². The number of thioether (sulfide) groups is 1. The standard InChI is InChI=1S/C19H25ClN2O4S/c1-13-7-14(2)9-22(8-13)18(24)10-26-19(25)12-27-11-17(23)21-16-5-3-15(20)4-6-16/h3-6,13-14H,7-12H2,1-2H3,(H,21,23)/t13-,14-/m0/s1. The van der Waals surface area contributed by atoms with Gasteiger partial charge < -0.3 is 15.0 Å². The van der Waals surface area contributed by atoms with Gasteiger partial charge >= 0.3 is 5.97 Å². The number of nitrogens with zero attached hydrogens (tertiary/aromatic N) is 1. The fourth-order valence-electron chi connectivity index (χ4n) is 3.10. The molecule has 0 aromatic heterocycles. The van der Waals surface area contributed by atoms with Crippen LogP contribution in [0.15, 0.2) is 24.3 Å². The number of anilines is 1. The van der Waals surface area contributed by atoms with Crippen molar-refractivity contribution in [1.82, 2.24) is 4.90 Å². The molecule has 0 bridgehead atoms. The predicted octanol–water partition coefficient (Wildman–Crippen LogP) is 3.06. The van der Waals surface area contributed by atoms with Crippen LogP contribution in [-0.2, 0) is 19.1 Å². The molecule has 2 amide bonds. The summed E-state index contributed by atoms with van der Waals surface area (Å²) in [5, 5.41) is 3.30. The number of esters is 1. The summed E-state index contributed by atoms with van der Waals surface area (Å²) < 4.78 is 5.04. The summed E-state index contributed by atoms with van der Waals surface area (Å²) in [5.74, 6) is 0.188. The molecule has 0 saturated carbocycles. The average molecular weight is 413 g/mol. The number of ether oxygens (including phenoxy) is 1. The number of carbonyl (C=O) groups is 3. The van der Waals surface area contributed by atoms with E-state index in [2.05, 4.69) is 19.2 Å². The van der Waals surface area contributed by atoms with E-state index in [4.69, 9.17) is 16.3 Å². The van der Waals surface area contributed by atoms with Crippen LogP contribution in [0.25, 0.3) is 0 Å². The molecule has 1 aliphatic heterocycles. The van der Waals surface area contributed by atoms with Crippen LogP contribution in [-0.4, -0.2) is 53.9 Å². The summed E-state index contributed by atoms with van der Waals surface area (Å²) in [6.45, 7) is 5.41. The van der Waals surface area contributed by atoms with E-state index in [9.17, 15) is 14.4 Å². The Labute approximate surface area is 169 Å². The number of hydrogen-bond donors (Lipinski definition) is 1. The second-order valence-electron chi connectivity index (χ2n) is 6.95. The van der Waals surface area contributed by atoms with Crippen LogP contribution in [0.3, 0.4) is 0 Å². The van der Waals surface area contributed by atoms with E-state index < -0.39 is 5.97 Å². The minimum atomic E-state index is -0.495. The van der Waals surface area contributed by atoms with Crippen molar-refractivity contribution in [2.24, 2.45) is 11.8 Å². The zero-order valence-electron chi connectivity index (χ0n) is 15.6. The Morgan fingerprint density at radius 3 is 2.41 bits per heavy atom. The molecule has 0 unspecified atom stereocenters. The smallest absolute Gasteiger partial charge is 0.316 e. The number of rotatable bonds is 7. The van der Waals surface area contributed by atoms with Gasteiger partial charge in [-0.3, -0.25) is 14.4 Å². The quantitative estimate of drug-likeness (QED) is 0.696. The van der Waals surface area contributed by atoms with E-state index in [1.54, 1.807) is 29.2 Å². The Bertz CT molecular complexity index is 658. The number of likely N-dealkylation sites (tertiary alicyclic amines) is 1. The SMILES string of the molecule is C[C@H]1C[C@H](C)CN(C(=O)COC(=O)CSCC(=O)Nc2ccc(Cl)cc2)C1. The lowest BCUT2D eigenvalue weighted by molar-refractivity contribution is -0.151. The lowest BCUT2D eigenvalue weighted by Gasteiger charge is -2.34. The van der Waals surface area contributed by atoms with Gasteiger partial charge in [0, 0.05) is 23.8 Å². The van der Waals surface area contributed by atoms with Crippen LogP contribution >= 0.6 is 23.4 Å². The van der Waals surface area contributed by atoms with Gasteiger partial charge in [-0.2, -0.15) is 0 Å². The molecule has 2 atom stereocenters. The molecule has 1 aromatic carbocycles. The molecular weight excluding hydrogens is 388 g/mol. The molecule has 2 rings (SSSR count). The highest BCUT2D eigenvalue weighted by atomic mass is 35.5. The van der Waals surface area contributed by atoms with Crippen LogP contribution in [0.1, 0.15) is 20.3 Å². The Morgan fingerprint density at radius 2 is 1.78 bits per heavy atom. The fourth-order valence-corrected chi connectivity index (χ4v) is 3.83. The number of halogens is 1. The van der Waals surface area contributed by atoms with Gasteiger partial charge in [-0.15, -0.1) is 11.8 Å². The van der Waals surface area contributed by atoms with Crippen molar-refractivity contribution in [3.05, 3.63) is 29.3 Å². The van der Waals surface area contributed by atoms with Crippen LogP contribution in [0.2, 0.25) is 5.02 Å². The van der Waals surface area contributed by atoms with Crippen LogP contribution in [0.4, 0.5) is 5.69 Å². The summed E-state index contributed by atoms with van der Waals surface area (Å²) in [5.41, 5.74) is 0.642. The lowest BCUT2D eigenvalue weighted by Crippen LogP contribution is -2.44. The second kappa shape index (κ2) is 10.6. The van der Waals surface area contributed by atoms with Crippen molar-refractivity contribution < 1.29 is 19.1 Å². The maximum absolute atomic E-state index is 12.2. The third kappa shape index (κ3) is 7.81. The topological polar surface area (TPSA) is 75.7 Å². The molecule has 1 N–H and O–H groups in total. The highest BCUT2D eigenvalue weighted by Crippen LogP contribution is 2.21. The largest absolute Gasteiger partial charge is 0.455 e. The summed E-state index contributed by atoms with van der Waals surface area (Å²) in [6.07, 6.45) is 1.11. The average Bonchev–Trinajstić information content (AvgIpc) is 2.61. The number of amides is 2. The van der Waals surface area contributed by atoms with Crippen LogP contribution in [0, 0.1) is 11.8 Å². The Balaban J connectivity index is 1.62. The zero-order valence-corrected chi connectivity index (χ0v) is 17.1. The molecule has 1 fully saturated rings. The van der Waals surface area contributed by atoms with Crippen molar-refractivity contribution in [3.63, 3.8) is 0 Å². The molecule has 6 nitrogen and oxygen atoms in total. The highest BCUT2D eigenvalue weighted by molar-refractivity contribution is 8.00. The van der Waals surface area contributed by atoms with Gasteiger partial charge in [-0.25, -0.2) is 0 Å². The molecular formula is C19H25ClN2O4S. The molecule has 148 valence electrons. The van der Waals surface area contributed by atoms with Gasteiger partial charge in [-0.05, 0) is 42.5 Å². The molecule has 1 aromatic rings. The number of benzene rings is 1. The molecule has 8 heteroatoms. The maximum Gasteiger partial charge on any atom is 0.316 e. The van der Waals surface area contributed by atoms with Crippen LogP contribution in [0.5, 0.6) is 0 Å². The molecule has 0 radical (unpaired) electrons. The van der Waals surface area contributed by atoms with Gasteiger partial charge in [0.15, 0.2) is 6.61 Å². The lowest BCUT2D eigenvalue weighted by atomic mass is 9.92. The highest BCUT2D eigenvalue weighted by Gasteiger charge is 2.25. The molecule has 1 heterocycles. The third-order valence-corrected chi connectivity index (χ3v) is 5.32. The van der Waals surface area contributed by atoms with E-state index in [1.807, 2.05) is 0 Å². The van der Waals surface area contributed by atoms with Crippen molar-refractivity contribution in [2.75, 3.05) is 36.5 Å². The minimum absolute atomic E-state index is 0.0219. The summed E-state index contributed by atoms with van der Waals surface area (Å²) in [6, 6.07) is 6.77. The van der Waals surface area contributed by atoms with E-state index in [1.165, 1.54) is 0 Å². The second-order valence-corrected chi connectivity index (χ2v) is 8.38. The van der Waals surface area contributed by atoms with E-state index in [-0.39, 0.29) is 29.9 Å². The first kappa shape index (κ1) is 21.6. The monoisotopic (exact) mass is 412 g/mol. The van der Waals surface area contributed by atoms with Gasteiger partial charge in [0.25, 0.3) is 5.91 Å². The fraction of sp³-hybridized carbons (Fsp3) is 0.526.